The summed E-state index contributed by atoms with van der Waals surface area (Å²) in [5.74, 6) is 0.607. The standard InChI is InChI=1S/C20H15IN2O4S/c1-2-26-16-11-13(10-15(21)18(16)27-9-8-22)12-17-19(24)23(20(25)28-17)14-6-4-3-5-7-14/h3-7,10-12H,2,9H2,1H3/b17-12-. The topological polar surface area (TPSA) is 79.6 Å². The Balaban J connectivity index is 1.94. The molecule has 8 heteroatoms. The number of hydrogen-bond donors (Lipinski definition) is 0. The van der Waals surface area contributed by atoms with E-state index in [2.05, 4.69) is 22.6 Å². The van der Waals surface area contributed by atoms with E-state index in [1.54, 1.807) is 36.4 Å². The van der Waals surface area contributed by atoms with Crippen molar-refractivity contribution in [1.29, 1.82) is 5.26 Å². The zero-order valence-electron chi connectivity index (χ0n) is 14.8. The fourth-order valence-electron chi connectivity index (χ4n) is 2.60. The first kappa shape index (κ1) is 20.2. The third-order valence-electron chi connectivity index (χ3n) is 3.72. The molecule has 1 fully saturated rings. The second kappa shape index (κ2) is 9.12. The molecule has 0 unspecified atom stereocenters. The molecule has 0 radical (unpaired) electrons. The quantitative estimate of drug-likeness (QED) is 0.413. The minimum atomic E-state index is -0.362. The third kappa shape index (κ3) is 4.31. The van der Waals surface area contributed by atoms with Crippen LogP contribution in [0.4, 0.5) is 10.5 Å². The molecule has 1 aliphatic heterocycles. The number of halogens is 1. The van der Waals surface area contributed by atoms with E-state index < -0.39 is 0 Å². The van der Waals surface area contributed by atoms with E-state index in [0.717, 1.165) is 20.2 Å². The lowest BCUT2D eigenvalue weighted by molar-refractivity contribution is -0.113. The number of benzene rings is 2. The Kier molecular flexibility index (Phi) is 6.59. The highest BCUT2D eigenvalue weighted by Gasteiger charge is 2.36. The summed E-state index contributed by atoms with van der Waals surface area (Å²) >= 11 is 2.98. The summed E-state index contributed by atoms with van der Waals surface area (Å²) < 4.78 is 11.8. The highest BCUT2D eigenvalue weighted by molar-refractivity contribution is 14.1. The predicted octanol–water partition coefficient (Wildman–Crippen LogP) is 4.83. The lowest BCUT2D eigenvalue weighted by atomic mass is 10.1. The van der Waals surface area contributed by atoms with Crippen molar-refractivity contribution in [3.05, 3.63) is 56.5 Å². The largest absolute Gasteiger partial charge is 0.490 e. The Morgan fingerprint density at radius 3 is 2.64 bits per heavy atom. The Labute approximate surface area is 180 Å². The fourth-order valence-corrected chi connectivity index (χ4v) is 4.22. The first-order chi connectivity index (χ1) is 13.5. The number of carbonyl (C=O) groups excluding carboxylic acids is 2. The maximum atomic E-state index is 12.7. The van der Waals surface area contributed by atoms with E-state index in [4.69, 9.17) is 14.7 Å². The van der Waals surface area contributed by atoms with Crippen LogP contribution in [0.15, 0.2) is 47.4 Å². The van der Waals surface area contributed by atoms with Crippen molar-refractivity contribution in [3.63, 3.8) is 0 Å². The molecule has 0 aliphatic carbocycles. The van der Waals surface area contributed by atoms with Gasteiger partial charge in [-0.05, 0) is 77.2 Å². The number of nitrogens with zero attached hydrogens (tertiary/aromatic N) is 2. The number of anilines is 1. The molecule has 0 saturated carbocycles. The number of nitriles is 1. The molecule has 6 nitrogen and oxygen atoms in total. The normalized spacial score (nSPS) is 15.0. The molecule has 1 saturated heterocycles. The second-order valence-electron chi connectivity index (χ2n) is 5.56. The summed E-state index contributed by atoms with van der Waals surface area (Å²) in [6.07, 6.45) is 1.66. The Morgan fingerprint density at radius 2 is 1.96 bits per heavy atom. The molecule has 2 aromatic rings. The van der Waals surface area contributed by atoms with E-state index in [1.165, 1.54) is 0 Å². The smallest absolute Gasteiger partial charge is 0.298 e. The number of hydrogen-bond acceptors (Lipinski definition) is 6. The number of thioether (sulfide) groups is 1. The second-order valence-corrected chi connectivity index (χ2v) is 7.72. The molecule has 0 aromatic heterocycles. The van der Waals surface area contributed by atoms with Crippen molar-refractivity contribution >= 4 is 57.3 Å². The number of amides is 2. The number of rotatable bonds is 6. The van der Waals surface area contributed by atoms with Gasteiger partial charge in [0.05, 0.1) is 20.8 Å². The van der Waals surface area contributed by atoms with Crippen molar-refractivity contribution in [2.24, 2.45) is 0 Å². The van der Waals surface area contributed by atoms with Crippen LogP contribution in [0.25, 0.3) is 6.08 Å². The lowest BCUT2D eigenvalue weighted by Crippen LogP contribution is -2.27. The highest BCUT2D eigenvalue weighted by atomic mass is 127. The molecule has 0 spiro atoms. The first-order valence-electron chi connectivity index (χ1n) is 8.34. The molecule has 0 N–H and O–H groups in total. The Hall–Kier alpha value is -2.51. The first-order valence-corrected chi connectivity index (χ1v) is 10.2. The molecule has 28 heavy (non-hydrogen) atoms. The van der Waals surface area contributed by atoms with Gasteiger partial charge in [-0.25, -0.2) is 4.90 Å². The van der Waals surface area contributed by atoms with Crippen molar-refractivity contribution in [3.8, 4) is 17.6 Å². The molecule has 1 heterocycles. The van der Waals surface area contributed by atoms with Crippen LogP contribution in [0.3, 0.4) is 0 Å². The molecule has 142 valence electrons. The minimum absolute atomic E-state index is 0.0919. The number of carbonyl (C=O) groups is 2. The van der Waals surface area contributed by atoms with E-state index in [1.807, 2.05) is 25.1 Å². The molecule has 3 rings (SSSR count). The van der Waals surface area contributed by atoms with Crippen LogP contribution in [0.1, 0.15) is 12.5 Å². The van der Waals surface area contributed by atoms with Gasteiger partial charge < -0.3 is 9.47 Å². The van der Waals surface area contributed by atoms with E-state index in [9.17, 15) is 9.59 Å². The van der Waals surface area contributed by atoms with Crippen LogP contribution in [0.2, 0.25) is 0 Å². The van der Waals surface area contributed by atoms with Gasteiger partial charge in [0, 0.05) is 0 Å². The molecular formula is C20H15IN2O4S. The third-order valence-corrected chi connectivity index (χ3v) is 5.39. The Morgan fingerprint density at radius 1 is 1.21 bits per heavy atom. The molecule has 0 bridgehead atoms. The van der Waals surface area contributed by atoms with Crippen LogP contribution >= 0.6 is 34.4 Å². The highest BCUT2D eigenvalue weighted by Crippen LogP contribution is 2.38. The minimum Gasteiger partial charge on any atom is -0.490 e. The van der Waals surface area contributed by atoms with Crippen LogP contribution in [0.5, 0.6) is 11.5 Å². The van der Waals surface area contributed by atoms with Crippen molar-refractivity contribution in [2.45, 2.75) is 6.92 Å². The SMILES string of the molecule is CCOc1cc(/C=C2\SC(=O)N(c3ccccc3)C2=O)cc(I)c1OCC#N. The number of ether oxygens (including phenoxy) is 2. The maximum absolute atomic E-state index is 12.7. The lowest BCUT2D eigenvalue weighted by Gasteiger charge is -2.13. The molecule has 0 atom stereocenters. The maximum Gasteiger partial charge on any atom is 0.298 e. The van der Waals surface area contributed by atoms with Crippen LogP contribution in [0, 0.1) is 14.9 Å². The van der Waals surface area contributed by atoms with Gasteiger partial charge in [-0.3, -0.25) is 9.59 Å². The van der Waals surface area contributed by atoms with Crippen LogP contribution in [-0.2, 0) is 4.79 Å². The number of para-hydroxylation sites is 1. The number of imide groups is 1. The Bertz CT molecular complexity index is 986. The monoisotopic (exact) mass is 506 g/mol. The summed E-state index contributed by atoms with van der Waals surface area (Å²) in [5, 5.41) is 8.41. The van der Waals surface area contributed by atoms with Crippen molar-refractivity contribution in [1.82, 2.24) is 0 Å². The average molecular weight is 506 g/mol. The zero-order valence-corrected chi connectivity index (χ0v) is 17.8. The zero-order chi connectivity index (χ0) is 20.1. The molecule has 2 aromatic carbocycles. The molecule has 2 amide bonds. The van der Waals surface area contributed by atoms with Crippen LogP contribution < -0.4 is 14.4 Å². The predicted molar refractivity (Wildman–Crippen MR) is 116 cm³/mol. The van der Waals surface area contributed by atoms with Crippen molar-refractivity contribution in [2.75, 3.05) is 18.1 Å². The summed E-state index contributed by atoms with van der Waals surface area (Å²) in [4.78, 5) is 26.6. The van der Waals surface area contributed by atoms with E-state index in [0.29, 0.717) is 34.3 Å². The molecule has 1 aliphatic rings. The fraction of sp³-hybridized carbons (Fsp3) is 0.150. The van der Waals surface area contributed by atoms with E-state index in [-0.39, 0.29) is 17.8 Å². The van der Waals surface area contributed by atoms with Gasteiger partial charge in [-0.15, -0.1) is 0 Å². The summed E-state index contributed by atoms with van der Waals surface area (Å²) in [7, 11) is 0. The molecular weight excluding hydrogens is 491 g/mol. The summed E-state index contributed by atoms with van der Waals surface area (Å²) in [5.41, 5.74) is 1.24. The average Bonchev–Trinajstić information content (AvgIpc) is 2.95. The van der Waals surface area contributed by atoms with Crippen LogP contribution in [-0.4, -0.2) is 24.4 Å². The van der Waals surface area contributed by atoms with Gasteiger partial charge in [0.1, 0.15) is 6.07 Å². The van der Waals surface area contributed by atoms with Crippen molar-refractivity contribution < 1.29 is 19.1 Å². The summed E-state index contributed by atoms with van der Waals surface area (Å²) in [6, 6.07) is 14.3. The van der Waals surface area contributed by atoms with Gasteiger partial charge in [0.2, 0.25) is 0 Å². The summed E-state index contributed by atoms with van der Waals surface area (Å²) in [6.45, 7) is 2.18. The van der Waals surface area contributed by atoms with Gasteiger partial charge in [0.15, 0.2) is 18.1 Å². The van der Waals surface area contributed by atoms with E-state index >= 15 is 0 Å². The van der Waals surface area contributed by atoms with Gasteiger partial charge in [-0.2, -0.15) is 5.26 Å². The van der Waals surface area contributed by atoms with Gasteiger partial charge in [0.25, 0.3) is 11.1 Å². The van der Waals surface area contributed by atoms with Gasteiger partial charge in [-0.1, -0.05) is 18.2 Å². The van der Waals surface area contributed by atoms with Gasteiger partial charge >= 0.3 is 0 Å².